The second-order valence-electron chi connectivity index (χ2n) is 2.59. The molecule has 0 unspecified atom stereocenters. The summed E-state index contributed by atoms with van der Waals surface area (Å²) in [6.07, 6.45) is 4.22. The summed E-state index contributed by atoms with van der Waals surface area (Å²) in [5.41, 5.74) is 0. The summed E-state index contributed by atoms with van der Waals surface area (Å²) in [4.78, 5) is 21.0. The highest BCUT2D eigenvalue weighted by atomic mass is 16.2. The van der Waals surface area contributed by atoms with Crippen molar-refractivity contribution in [3.8, 4) is 0 Å². The predicted molar refractivity (Wildman–Crippen MR) is 39.5 cm³/mol. The molecular weight excluding hydrogens is 144 g/mol. The van der Waals surface area contributed by atoms with Gasteiger partial charge in [0, 0.05) is 6.54 Å². The lowest BCUT2D eigenvalue weighted by Gasteiger charge is -2.09. The number of hydrogen-bond donors (Lipinski definition) is 2. The van der Waals surface area contributed by atoms with Gasteiger partial charge in [0.1, 0.15) is 6.04 Å². The van der Waals surface area contributed by atoms with Crippen LogP contribution in [0.25, 0.3) is 0 Å². The minimum atomic E-state index is -0.366. The normalized spacial score (nSPS) is 25.1. The zero-order valence-electron chi connectivity index (χ0n) is 6.22. The van der Waals surface area contributed by atoms with Crippen molar-refractivity contribution in [2.75, 3.05) is 6.54 Å². The first-order chi connectivity index (χ1) is 5.34. The fraction of sp³-hybridized carbons (Fsp3) is 0.714. The van der Waals surface area contributed by atoms with E-state index in [9.17, 15) is 9.59 Å². The molecule has 0 aromatic carbocycles. The number of nitrogens with one attached hydrogen (secondary N) is 2. The van der Waals surface area contributed by atoms with Crippen LogP contribution in [-0.2, 0) is 9.59 Å². The Kier molecular flexibility index (Phi) is 2.89. The van der Waals surface area contributed by atoms with Gasteiger partial charge in [0.2, 0.25) is 5.91 Å². The maximum atomic E-state index is 11.1. The topological polar surface area (TPSA) is 58.2 Å². The molecule has 1 rings (SSSR count). The van der Waals surface area contributed by atoms with E-state index >= 15 is 0 Å². The van der Waals surface area contributed by atoms with Gasteiger partial charge in [-0.1, -0.05) is 0 Å². The van der Waals surface area contributed by atoms with Gasteiger partial charge in [0.15, 0.2) is 0 Å². The maximum Gasteiger partial charge on any atom is 0.309 e. The SMILES string of the molecule is O=[C]N[C@@H]1CCCCNC1=O. The van der Waals surface area contributed by atoms with Crippen LogP contribution < -0.4 is 10.6 Å². The highest BCUT2D eigenvalue weighted by Gasteiger charge is 2.19. The van der Waals surface area contributed by atoms with Crippen LogP contribution in [0.3, 0.4) is 0 Å². The maximum absolute atomic E-state index is 11.1. The summed E-state index contributed by atoms with van der Waals surface area (Å²) in [6, 6.07) is -0.366. The standard InChI is InChI=1S/C7H11N2O2/c10-5-9-6-3-1-2-4-8-7(6)11/h6H,1-4H2,(H,8,11)(H,9,10)/t6-/m1/s1. The first kappa shape index (κ1) is 8.04. The van der Waals surface area contributed by atoms with Crippen molar-refractivity contribution >= 4 is 12.3 Å². The second kappa shape index (κ2) is 3.95. The van der Waals surface area contributed by atoms with E-state index in [0.717, 1.165) is 25.8 Å². The van der Waals surface area contributed by atoms with Crippen molar-refractivity contribution in [2.45, 2.75) is 25.3 Å². The van der Waals surface area contributed by atoms with Crippen molar-refractivity contribution in [1.29, 1.82) is 0 Å². The molecule has 4 nitrogen and oxygen atoms in total. The van der Waals surface area contributed by atoms with Crippen LogP contribution in [0, 0.1) is 0 Å². The van der Waals surface area contributed by atoms with Crippen LogP contribution in [0.2, 0.25) is 0 Å². The Bertz CT molecular complexity index is 159. The van der Waals surface area contributed by atoms with Gasteiger partial charge in [-0.15, -0.1) is 0 Å². The third kappa shape index (κ3) is 2.22. The molecule has 61 valence electrons. The molecule has 0 bridgehead atoms. The summed E-state index contributed by atoms with van der Waals surface area (Å²) in [5, 5.41) is 5.06. The van der Waals surface area contributed by atoms with E-state index < -0.39 is 0 Å². The molecule has 0 saturated carbocycles. The van der Waals surface area contributed by atoms with E-state index in [1.807, 2.05) is 0 Å². The van der Waals surface area contributed by atoms with Gasteiger partial charge in [-0.3, -0.25) is 9.59 Å². The largest absolute Gasteiger partial charge is 0.354 e. The number of carbonyl (C=O) groups is 1. The van der Waals surface area contributed by atoms with E-state index in [2.05, 4.69) is 10.6 Å². The van der Waals surface area contributed by atoms with E-state index in [-0.39, 0.29) is 11.9 Å². The lowest BCUT2D eigenvalue weighted by molar-refractivity contribution is -0.122. The van der Waals surface area contributed by atoms with Gasteiger partial charge in [-0.2, -0.15) is 0 Å². The van der Waals surface area contributed by atoms with E-state index in [4.69, 9.17) is 0 Å². The van der Waals surface area contributed by atoms with E-state index in [0.29, 0.717) is 0 Å². The van der Waals surface area contributed by atoms with Crippen LogP contribution in [0.15, 0.2) is 0 Å². The molecule has 11 heavy (non-hydrogen) atoms. The highest BCUT2D eigenvalue weighted by Crippen LogP contribution is 2.03. The number of amides is 2. The van der Waals surface area contributed by atoms with Crippen molar-refractivity contribution < 1.29 is 9.59 Å². The third-order valence-electron chi connectivity index (χ3n) is 1.77. The van der Waals surface area contributed by atoms with Crippen LogP contribution in [-0.4, -0.2) is 24.9 Å². The van der Waals surface area contributed by atoms with Crippen LogP contribution >= 0.6 is 0 Å². The summed E-state index contributed by atoms with van der Waals surface area (Å²) in [6.45, 7) is 0.718. The third-order valence-corrected chi connectivity index (χ3v) is 1.77. The molecule has 1 saturated heterocycles. The molecule has 4 heteroatoms. The molecule has 1 fully saturated rings. The molecule has 1 radical (unpaired) electrons. The van der Waals surface area contributed by atoms with Crippen molar-refractivity contribution in [3.63, 3.8) is 0 Å². The second-order valence-corrected chi connectivity index (χ2v) is 2.59. The lowest BCUT2D eigenvalue weighted by Crippen LogP contribution is -2.42. The molecular formula is C7H11N2O2. The molecule has 1 aliphatic heterocycles. The zero-order valence-corrected chi connectivity index (χ0v) is 6.22. The van der Waals surface area contributed by atoms with E-state index in [1.54, 1.807) is 0 Å². The smallest absolute Gasteiger partial charge is 0.309 e. The van der Waals surface area contributed by atoms with Crippen LogP contribution in [0.4, 0.5) is 0 Å². The van der Waals surface area contributed by atoms with E-state index in [1.165, 1.54) is 6.41 Å². The van der Waals surface area contributed by atoms with Crippen LogP contribution in [0.1, 0.15) is 19.3 Å². The quantitative estimate of drug-likeness (QED) is 0.519. The average Bonchev–Trinajstić information content (AvgIpc) is 2.18. The fourth-order valence-electron chi connectivity index (χ4n) is 1.15. The first-order valence-corrected chi connectivity index (χ1v) is 3.75. The molecule has 1 atom stereocenters. The molecule has 1 heterocycles. The van der Waals surface area contributed by atoms with Crippen molar-refractivity contribution in [2.24, 2.45) is 0 Å². The Balaban J connectivity index is 2.45. The average molecular weight is 155 g/mol. The van der Waals surface area contributed by atoms with Gasteiger partial charge in [0.25, 0.3) is 0 Å². The summed E-state index contributed by atoms with van der Waals surface area (Å²) in [5.74, 6) is -0.0918. The fourth-order valence-corrected chi connectivity index (χ4v) is 1.15. The van der Waals surface area contributed by atoms with Crippen LogP contribution in [0.5, 0.6) is 0 Å². The van der Waals surface area contributed by atoms with Crippen molar-refractivity contribution in [3.05, 3.63) is 0 Å². The molecule has 2 N–H and O–H groups in total. The Morgan fingerprint density at radius 2 is 2.36 bits per heavy atom. The zero-order chi connectivity index (χ0) is 8.10. The highest BCUT2D eigenvalue weighted by molar-refractivity contribution is 5.83. The monoisotopic (exact) mass is 155 g/mol. The Labute approximate surface area is 65.3 Å². The summed E-state index contributed by atoms with van der Waals surface area (Å²) in [7, 11) is 0. The Hall–Kier alpha value is -1.06. The predicted octanol–water partition coefficient (Wildman–Crippen LogP) is -0.688. The molecule has 0 aromatic rings. The van der Waals surface area contributed by atoms with Gasteiger partial charge in [0.05, 0.1) is 0 Å². The summed E-state index contributed by atoms with van der Waals surface area (Å²) < 4.78 is 0. The molecule has 2 amide bonds. The number of hydrogen-bond acceptors (Lipinski definition) is 2. The molecule has 0 aromatic heterocycles. The minimum absolute atomic E-state index is 0.0918. The van der Waals surface area contributed by atoms with Gasteiger partial charge < -0.3 is 10.6 Å². The lowest BCUT2D eigenvalue weighted by atomic mass is 10.1. The molecule has 1 aliphatic rings. The van der Waals surface area contributed by atoms with Gasteiger partial charge in [-0.05, 0) is 19.3 Å². The van der Waals surface area contributed by atoms with Gasteiger partial charge in [-0.25, -0.2) is 0 Å². The van der Waals surface area contributed by atoms with Crippen molar-refractivity contribution in [1.82, 2.24) is 10.6 Å². The molecule has 0 spiro atoms. The van der Waals surface area contributed by atoms with Gasteiger partial charge >= 0.3 is 6.41 Å². The Morgan fingerprint density at radius 3 is 3.09 bits per heavy atom. The number of rotatable bonds is 2. The molecule has 0 aliphatic carbocycles. The number of carbonyl (C=O) groups excluding carboxylic acids is 2. The first-order valence-electron chi connectivity index (χ1n) is 3.75. The Morgan fingerprint density at radius 1 is 1.55 bits per heavy atom. The summed E-state index contributed by atoms with van der Waals surface area (Å²) >= 11 is 0. The minimum Gasteiger partial charge on any atom is -0.354 e.